The molecule has 0 saturated heterocycles. The number of para-hydroxylation sites is 1. The van der Waals surface area contributed by atoms with E-state index >= 15 is 0 Å². The number of anilines is 2. The molecular formula is C20H15BrN4O4. The van der Waals surface area contributed by atoms with Gasteiger partial charge >= 0.3 is 11.8 Å². The molecule has 3 N–H and O–H groups in total. The number of nitrogens with one attached hydrogen (secondary N) is 3. The quantitative estimate of drug-likeness (QED) is 0.311. The number of carbonyl (C=O) groups is 3. The monoisotopic (exact) mass is 454 g/mol. The van der Waals surface area contributed by atoms with Crippen molar-refractivity contribution in [1.82, 2.24) is 5.43 Å². The van der Waals surface area contributed by atoms with Crippen LogP contribution < -0.4 is 16.1 Å². The zero-order valence-corrected chi connectivity index (χ0v) is 16.5. The van der Waals surface area contributed by atoms with Gasteiger partial charge in [-0.05, 0) is 48.5 Å². The van der Waals surface area contributed by atoms with Crippen LogP contribution in [-0.4, -0.2) is 23.9 Å². The Labute approximate surface area is 174 Å². The van der Waals surface area contributed by atoms with Crippen LogP contribution in [0.3, 0.4) is 0 Å². The van der Waals surface area contributed by atoms with E-state index in [1.54, 1.807) is 48.5 Å². The minimum absolute atomic E-state index is 0.192. The van der Waals surface area contributed by atoms with Gasteiger partial charge in [-0.1, -0.05) is 28.1 Å². The third-order valence-corrected chi connectivity index (χ3v) is 4.16. The first kappa shape index (κ1) is 20.0. The van der Waals surface area contributed by atoms with Crippen molar-refractivity contribution in [2.75, 3.05) is 10.6 Å². The highest BCUT2D eigenvalue weighted by Crippen LogP contribution is 2.19. The van der Waals surface area contributed by atoms with Gasteiger partial charge in [-0.3, -0.25) is 14.4 Å². The van der Waals surface area contributed by atoms with Crippen molar-refractivity contribution in [1.29, 1.82) is 0 Å². The third-order valence-electron chi connectivity index (χ3n) is 3.63. The van der Waals surface area contributed by atoms with Gasteiger partial charge in [0.25, 0.3) is 5.91 Å². The maximum atomic E-state index is 12.6. The van der Waals surface area contributed by atoms with Gasteiger partial charge in [0, 0.05) is 10.2 Å². The number of nitrogens with zero attached hydrogens (tertiary/aromatic N) is 1. The fourth-order valence-electron chi connectivity index (χ4n) is 2.27. The van der Waals surface area contributed by atoms with Gasteiger partial charge in [-0.2, -0.15) is 5.10 Å². The zero-order chi connectivity index (χ0) is 20.6. The van der Waals surface area contributed by atoms with E-state index in [1.807, 2.05) is 0 Å². The third kappa shape index (κ3) is 5.63. The highest BCUT2D eigenvalue weighted by Gasteiger charge is 2.17. The molecule has 3 amide bonds. The van der Waals surface area contributed by atoms with Crippen molar-refractivity contribution in [2.24, 2.45) is 5.10 Å². The van der Waals surface area contributed by atoms with Gasteiger partial charge in [0.15, 0.2) is 0 Å². The van der Waals surface area contributed by atoms with Crippen molar-refractivity contribution in [3.8, 4) is 0 Å². The number of hydrazone groups is 1. The average molecular weight is 455 g/mol. The van der Waals surface area contributed by atoms with E-state index in [-0.39, 0.29) is 11.3 Å². The molecule has 0 unspecified atom stereocenters. The van der Waals surface area contributed by atoms with E-state index in [0.29, 0.717) is 11.4 Å². The van der Waals surface area contributed by atoms with Crippen LogP contribution in [0.5, 0.6) is 0 Å². The first-order valence-electron chi connectivity index (χ1n) is 8.37. The predicted octanol–water partition coefficient (Wildman–Crippen LogP) is 3.38. The molecule has 1 aromatic heterocycles. The molecule has 8 nitrogen and oxygen atoms in total. The van der Waals surface area contributed by atoms with Crippen LogP contribution in [0.1, 0.15) is 16.1 Å². The molecular weight excluding hydrogens is 440 g/mol. The molecule has 0 atom stereocenters. The van der Waals surface area contributed by atoms with Crippen LogP contribution in [0.15, 0.2) is 80.9 Å². The first-order valence-corrected chi connectivity index (χ1v) is 9.16. The summed E-state index contributed by atoms with van der Waals surface area (Å²) < 4.78 is 5.90. The number of furan rings is 1. The summed E-state index contributed by atoms with van der Waals surface area (Å²) in [4.78, 5) is 36.6. The van der Waals surface area contributed by atoms with Gasteiger partial charge in [0.05, 0.1) is 23.7 Å². The van der Waals surface area contributed by atoms with Crippen molar-refractivity contribution in [2.45, 2.75) is 0 Å². The van der Waals surface area contributed by atoms with Crippen molar-refractivity contribution < 1.29 is 18.8 Å². The second-order valence-electron chi connectivity index (χ2n) is 5.68. The van der Waals surface area contributed by atoms with Crippen LogP contribution in [0.4, 0.5) is 11.4 Å². The van der Waals surface area contributed by atoms with E-state index in [1.165, 1.54) is 24.6 Å². The lowest BCUT2D eigenvalue weighted by molar-refractivity contribution is -0.136. The molecule has 0 aliphatic rings. The Morgan fingerprint density at radius 1 is 0.897 bits per heavy atom. The number of carbonyl (C=O) groups excluding carboxylic acids is 3. The Kier molecular flexibility index (Phi) is 6.54. The molecule has 2 aromatic carbocycles. The Balaban J connectivity index is 1.64. The summed E-state index contributed by atoms with van der Waals surface area (Å²) in [6, 6.07) is 16.7. The first-order chi connectivity index (χ1) is 14.0. The van der Waals surface area contributed by atoms with E-state index < -0.39 is 17.7 Å². The van der Waals surface area contributed by atoms with Crippen molar-refractivity contribution in [3.63, 3.8) is 0 Å². The molecule has 3 aromatic rings. The van der Waals surface area contributed by atoms with Gasteiger partial charge < -0.3 is 15.1 Å². The van der Waals surface area contributed by atoms with Crippen LogP contribution in [0.25, 0.3) is 0 Å². The van der Waals surface area contributed by atoms with Gasteiger partial charge in [0.2, 0.25) is 0 Å². The van der Waals surface area contributed by atoms with Crippen molar-refractivity contribution in [3.05, 3.63) is 82.7 Å². The fraction of sp³-hybridized carbons (Fsp3) is 0. The normalized spacial score (nSPS) is 10.5. The largest absolute Gasteiger partial charge is 0.463 e. The summed E-state index contributed by atoms with van der Waals surface area (Å²) in [5.74, 6) is -1.97. The minimum atomic E-state index is -0.990. The Hall–Kier alpha value is -3.72. The molecule has 0 spiro atoms. The smallest absolute Gasteiger partial charge is 0.329 e. The number of halogens is 1. The minimum Gasteiger partial charge on any atom is -0.463 e. The van der Waals surface area contributed by atoms with E-state index in [4.69, 9.17) is 4.42 Å². The number of hydrogen-bond donors (Lipinski definition) is 3. The summed E-state index contributed by atoms with van der Waals surface area (Å²) in [6.45, 7) is 0. The predicted molar refractivity (Wildman–Crippen MR) is 112 cm³/mol. The molecule has 3 rings (SSSR count). The zero-order valence-electron chi connectivity index (χ0n) is 14.9. The van der Waals surface area contributed by atoms with Crippen LogP contribution in [-0.2, 0) is 9.59 Å². The van der Waals surface area contributed by atoms with Gasteiger partial charge in [-0.15, -0.1) is 0 Å². The maximum Gasteiger partial charge on any atom is 0.329 e. The fourth-order valence-corrected chi connectivity index (χ4v) is 2.54. The van der Waals surface area contributed by atoms with Gasteiger partial charge in [-0.25, -0.2) is 5.43 Å². The lowest BCUT2D eigenvalue weighted by Crippen LogP contribution is -2.33. The van der Waals surface area contributed by atoms with Crippen LogP contribution in [0, 0.1) is 0 Å². The Morgan fingerprint density at radius 3 is 2.38 bits per heavy atom. The molecule has 0 aliphatic carbocycles. The van der Waals surface area contributed by atoms with E-state index in [2.05, 4.69) is 37.1 Å². The highest BCUT2D eigenvalue weighted by molar-refractivity contribution is 9.10. The molecule has 29 heavy (non-hydrogen) atoms. The average Bonchev–Trinajstić information content (AvgIpc) is 3.23. The van der Waals surface area contributed by atoms with Crippen LogP contribution >= 0.6 is 15.9 Å². The molecule has 0 aliphatic heterocycles. The molecule has 1 heterocycles. The lowest BCUT2D eigenvalue weighted by Gasteiger charge is -2.11. The van der Waals surface area contributed by atoms with E-state index in [0.717, 1.165) is 4.47 Å². The molecule has 0 saturated carbocycles. The summed E-state index contributed by atoms with van der Waals surface area (Å²) in [5.41, 5.74) is 3.07. The Morgan fingerprint density at radius 2 is 1.66 bits per heavy atom. The van der Waals surface area contributed by atoms with E-state index in [9.17, 15) is 14.4 Å². The number of benzene rings is 2. The summed E-state index contributed by atoms with van der Waals surface area (Å²) >= 11 is 3.32. The van der Waals surface area contributed by atoms with Crippen LogP contribution in [0.2, 0.25) is 0 Å². The maximum absolute atomic E-state index is 12.6. The highest BCUT2D eigenvalue weighted by atomic mass is 79.9. The SMILES string of the molecule is O=C(N/N=C\c1ccco1)C(=O)Nc1ccccc1C(=O)Nc1ccc(Br)cc1. The standard InChI is InChI=1S/C20H15BrN4O4/c21-13-7-9-14(10-8-13)23-18(26)16-5-1-2-6-17(16)24-19(27)20(28)25-22-12-15-4-3-11-29-15/h1-12H,(H,23,26)(H,24,27)(H,25,28)/b22-12-. The second-order valence-corrected chi connectivity index (χ2v) is 6.59. The van der Waals surface area contributed by atoms with Crippen molar-refractivity contribution >= 4 is 51.2 Å². The summed E-state index contributed by atoms with van der Waals surface area (Å²) in [5, 5.41) is 8.78. The molecule has 9 heteroatoms. The second kappa shape index (κ2) is 9.47. The number of rotatable bonds is 5. The molecule has 146 valence electrons. The summed E-state index contributed by atoms with van der Waals surface area (Å²) in [7, 11) is 0. The lowest BCUT2D eigenvalue weighted by atomic mass is 10.1. The summed E-state index contributed by atoms with van der Waals surface area (Å²) in [6.07, 6.45) is 2.71. The topological polar surface area (TPSA) is 113 Å². The molecule has 0 bridgehead atoms. The van der Waals surface area contributed by atoms with Gasteiger partial charge in [0.1, 0.15) is 5.76 Å². The Bertz CT molecular complexity index is 1050. The molecule has 0 radical (unpaired) electrons. The molecule has 0 fully saturated rings. The number of hydrogen-bond acceptors (Lipinski definition) is 5. The number of amides is 3.